The first-order valence-corrected chi connectivity index (χ1v) is 13.7. The fourth-order valence-electron chi connectivity index (χ4n) is 4.16. The second kappa shape index (κ2) is 11.4. The zero-order chi connectivity index (χ0) is 25.8. The summed E-state index contributed by atoms with van der Waals surface area (Å²) in [6.07, 6.45) is -5.08. The van der Waals surface area contributed by atoms with Gasteiger partial charge in [0.15, 0.2) is 0 Å². The number of rotatable bonds is 8. The predicted molar refractivity (Wildman–Crippen MR) is 135 cm³/mol. The van der Waals surface area contributed by atoms with Crippen LogP contribution in [0, 0.1) is 0 Å². The highest BCUT2D eigenvalue weighted by molar-refractivity contribution is 9.10. The van der Waals surface area contributed by atoms with Gasteiger partial charge < -0.3 is 4.74 Å². The molecule has 1 aliphatic heterocycles. The summed E-state index contributed by atoms with van der Waals surface area (Å²) in [5, 5.41) is 0. The Morgan fingerprint density at radius 1 is 0.861 bits per heavy atom. The van der Waals surface area contributed by atoms with Crippen LogP contribution in [0.25, 0.3) is 0 Å². The molecular weight excluding hydrogens is 557 g/mol. The fraction of sp³-hybridized carbons (Fsp3) is 0.308. The van der Waals surface area contributed by atoms with Gasteiger partial charge in [-0.3, -0.25) is 4.90 Å². The molecule has 0 radical (unpaired) electrons. The summed E-state index contributed by atoms with van der Waals surface area (Å²) in [7, 11) is -3.58. The van der Waals surface area contributed by atoms with Gasteiger partial charge in [0, 0.05) is 37.2 Å². The second-order valence-electron chi connectivity index (χ2n) is 8.49. The molecule has 1 saturated heterocycles. The van der Waals surface area contributed by atoms with Crippen LogP contribution in [-0.4, -0.2) is 57.0 Å². The first-order valence-electron chi connectivity index (χ1n) is 11.5. The maximum Gasteiger partial charge on any atom is 0.416 e. The van der Waals surface area contributed by atoms with Crippen LogP contribution >= 0.6 is 15.9 Å². The molecule has 0 spiro atoms. The molecule has 0 N–H and O–H groups in total. The molecule has 192 valence electrons. The van der Waals surface area contributed by atoms with Crippen LogP contribution in [0.1, 0.15) is 22.8 Å². The van der Waals surface area contributed by atoms with Gasteiger partial charge in [0.25, 0.3) is 0 Å². The van der Waals surface area contributed by atoms with E-state index in [2.05, 4.69) is 20.8 Å². The summed E-state index contributed by atoms with van der Waals surface area (Å²) in [6.45, 7) is 2.60. The Balaban J connectivity index is 1.38. The molecule has 3 aromatic carbocycles. The summed E-state index contributed by atoms with van der Waals surface area (Å²) in [4.78, 5) is 2.35. The van der Waals surface area contributed by atoms with E-state index in [9.17, 15) is 21.6 Å². The van der Waals surface area contributed by atoms with Gasteiger partial charge in [0.1, 0.15) is 6.10 Å². The molecule has 36 heavy (non-hydrogen) atoms. The Hall–Kier alpha value is -2.24. The number of ether oxygens (including phenoxy) is 1. The van der Waals surface area contributed by atoms with Crippen LogP contribution in [0.2, 0.25) is 0 Å². The second-order valence-corrected chi connectivity index (χ2v) is 11.3. The number of piperazine rings is 1. The molecular formula is C26H26BrF3N2O3S. The average molecular weight is 583 g/mol. The van der Waals surface area contributed by atoms with E-state index in [0.29, 0.717) is 42.8 Å². The molecule has 0 aliphatic carbocycles. The van der Waals surface area contributed by atoms with Crippen LogP contribution in [0.4, 0.5) is 13.2 Å². The number of alkyl halides is 3. The van der Waals surface area contributed by atoms with Crippen molar-refractivity contribution in [3.05, 3.63) is 100 Å². The Bertz CT molecular complexity index is 1260. The molecule has 5 nitrogen and oxygen atoms in total. The first-order chi connectivity index (χ1) is 17.1. The number of benzene rings is 3. The van der Waals surface area contributed by atoms with Gasteiger partial charge in [0.05, 0.1) is 17.1 Å². The van der Waals surface area contributed by atoms with Crippen LogP contribution in [-0.2, 0) is 20.9 Å². The lowest BCUT2D eigenvalue weighted by Crippen LogP contribution is -2.49. The summed E-state index contributed by atoms with van der Waals surface area (Å²) >= 11 is 3.31. The molecule has 10 heteroatoms. The van der Waals surface area contributed by atoms with Crippen LogP contribution in [0.15, 0.2) is 88.2 Å². The lowest BCUT2D eigenvalue weighted by atomic mass is 9.99. The zero-order valence-corrected chi connectivity index (χ0v) is 21.8. The standard InChI is InChI=1S/C26H26BrF3N2O3S/c27-23-10-5-11-24(19-23)36(33,34)32-14-12-31(13-15-32)16-17-35-25(20-6-2-1-3-7-20)21-8-4-9-22(18-21)26(28,29)30/h1-11,18-19,25H,12-17H2/t25-/m0/s1. The van der Waals surface area contributed by atoms with Crippen molar-refractivity contribution in [2.45, 2.75) is 17.2 Å². The maximum absolute atomic E-state index is 13.3. The van der Waals surface area contributed by atoms with E-state index in [4.69, 9.17) is 4.74 Å². The van der Waals surface area contributed by atoms with E-state index in [-0.39, 0.29) is 11.5 Å². The number of hydrogen-bond donors (Lipinski definition) is 0. The molecule has 1 heterocycles. The SMILES string of the molecule is O=S(=O)(c1cccc(Br)c1)N1CCN(CCO[C@@H](c2ccccc2)c2cccc(C(F)(F)F)c2)CC1. The van der Waals surface area contributed by atoms with E-state index in [1.165, 1.54) is 10.4 Å². The Kier molecular flexibility index (Phi) is 8.52. The monoisotopic (exact) mass is 582 g/mol. The van der Waals surface area contributed by atoms with Gasteiger partial charge in [-0.25, -0.2) is 8.42 Å². The lowest BCUT2D eigenvalue weighted by Gasteiger charge is -2.34. The van der Waals surface area contributed by atoms with Gasteiger partial charge in [0.2, 0.25) is 10.0 Å². The van der Waals surface area contributed by atoms with E-state index in [1.807, 2.05) is 30.3 Å². The third kappa shape index (κ3) is 6.54. The Labute approximate surface area is 217 Å². The number of sulfonamides is 1. The van der Waals surface area contributed by atoms with Crippen LogP contribution in [0.5, 0.6) is 0 Å². The number of nitrogens with zero attached hydrogens (tertiary/aromatic N) is 2. The normalized spacial score (nSPS) is 16.7. The summed E-state index contributed by atoms with van der Waals surface area (Å²) in [6, 6.07) is 21.0. The quantitative estimate of drug-likeness (QED) is 0.348. The average Bonchev–Trinajstić information content (AvgIpc) is 2.87. The highest BCUT2D eigenvalue weighted by atomic mass is 79.9. The van der Waals surface area contributed by atoms with Crippen LogP contribution < -0.4 is 0 Å². The van der Waals surface area contributed by atoms with Gasteiger partial charge in [-0.2, -0.15) is 17.5 Å². The van der Waals surface area contributed by atoms with E-state index < -0.39 is 27.9 Å². The summed E-state index contributed by atoms with van der Waals surface area (Å²) in [5.74, 6) is 0. The largest absolute Gasteiger partial charge is 0.416 e. The van der Waals surface area contributed by atoms with Gasteiger partial charge >= 0.3 is 6.18 Å². The summed E-state index contributed by atoms with van der Waals surface area (Å²) in [5.41, 5.74) is 0.482. The van der Waals surface area contributed by atoms with Gasteiger partial charge in [-0.1, -0.05) is 64.5 Å². The van der Waals surface area contributed by atoms with Gasteiger partial charge in [-0.05, 0) is 41.5 Å². The van der Waals surface area contributed by atoms with Crippen molar-refractivity contribution < 1.29 is 26.3 Å². The first kappa shape index (κ1) is 26.8. The maximum atomic E-state index is 13.3. The highest BCUT2D eigenvalue weighted by Gasteiger charge is 2.32. The molecule has 0 aromatic heterocycles. The minimum Gasteiger partial charge on any atom is -0.367 e. The fourth-order valence-corrected chi connectivity index (χ4v) is 6.18. The molecule has 3 aromatic rings. The van der Waals surface area contributed by atoms with Gasteiger partial charge in [-0.15, -0.1) is 0 Å². The minimum atomic E-state index is -4.44. The molecule has 1 aliphatic rings. The lowest BCUT2D eigenvalue weighted by molar-refractivity contribution is -0.137. The van der Waals surface area contributed by atoms with Crippen molar-refractivity contribution in [2.75, 3.05) is 39.3 Å². The topological polar surface area (TPSA) is 49.9 Å². The van der Waals surface area contributed by atoms with Crippen molar-refractivity contribution in [2.24, 2.45) is 0 Å². The number of halogens is 4. The van der Waals surface area contributed by atoms with Crippen molar-refractivity contribution >= 4 is 26.0 Å². The van der Waals surface area contributed by atoms with E-state index in [1.54, 1.807) is 30.3 Å². The molecule has 1 fully saturated rings. The smallest absolute Gasteiger partial charge is 0.367 e. The molecule has 0 bridgehead atoms. The highest BCUT2D eigenvalue weighted by Crippen LogP contribution is 2.33. The molecule has 0 saturated carbocycles. The molecule has 1 atom stereocenters. The Morgan fingerprint density at radius 2 is 1.53 bits per heavy atom. The minimum absolute atomic E-state index is 0.250. The molecule has 0 unspecified atom stereocenters. The van der Waals surface area contributed by atoms with E-state index >= 15 is 0 Å². The zero-order valence-electron chi connectivity index (χ0n) is 19.4. The number of hydrogen-bond acceptors (Lipinski definition) is 4. The van der Waals surface area contributed by atoms with E-state index in [0.717, 1.165) is 17.7 Å². The van der Waals surface area contributed by atoms with Crippen LogP contribution in [0.3, 0.4) is 0 Å². The molecule has 4 rings (SSSR count). The predicted octanol–water partition coefficient (Wildman–Crippen LogP) is 5.58. The third-order valence-corrected chi connectivity index (χ3v) is 8.46. The van der Waals surface area contributed by atoms with Crippen molar-refractivity contribution in [3.8, 4) is 0 Å². The van der Waals surface area contributed by atoms with Crippen molar-refractivity contribution in [1.82, 2.24) is 9.21 Å². The molecule has 0 amide bonds. The summed E-state index contributed by atoms with van der Waals surface area (Å²) < 4.78 is 74.0. The van der Waals surface area contributed by atoms with Crippen molar-refractivity contribution in [3.63, 3.8) is 0 Å². The Morgan fingerprint density at radius 3 is 2.19 bits per heavy atom. The van der Waals surface area contributed by atoms with Crippen molar-refractivity contribution in [1.29, 1.82) is 0 Å². The third-order valence-electron chi connectivity index (χ3n) is 6.08.